The molecule has 1 aliphatic rings. The fraction of sp³-hybridized carbons (Fsp3) is 0.450. The number of likely N-dealkylation sites (tertiary alicyclic amines) is 1. The normalized spacial score (nSPS) is 16.1. The van der Waals surface area contributed by atoms with Gasteiger partial charge in [0.2, 0.25) is 10.0 Å². The van der Waals surface area contributed by atoms with Crippen molar-refractivity contribution in [3.05, 3.63) is 53.5 Å². The molecule has 1 aromatic heterocycles. The van der Waals surface area contributed by atoms with Gasteiger partial charge in [-0.15, -0.1) is 0 Å². The van der Waals surface area contributed by atoms with Crippen LogP contribution in [0.3, 0.4) is 0 Å². The van der Waals surface area contributed by atoms with Gasteiger partial charge < -0.3 is 9.73 Å². The molecule has 1 aliphatic heterocycles. The second kappa shape index (κ2) is 8.79. The van der Waals surface area contributed by atoms with Crippen molar-refractivity contribution in [2.24, 2.45) is 0 Å². The Labute approximate surface area is 166 Å². The van der Waals surface area contributed by atoms with Crippen molar-refractivity contribution >= 4 is 21.6 Å². The molecule has 0 bridgehead atoms. The van der Waals surface area contributed by atoms with Crippen molar-refractivity contribution in [3.8, 4) is 0 Å². The summed E-state index contributed by atoms with van der Waals surface area (Å²) in [6.45, 7) is 5.78. The first kappa shape index (κ1) is 20.4. The number of amides is 1. The van der Waals surface area contributed by atoms with Gasteiger partial charge in [0, 0.05) is 6.54 Å². The lowest BCUT2D eigenvalue weighted by Gasteiger charge is -2.26. The van der Waals surface area contributed by atoms with Crippen LogP contribution in [-0.2, 0) is 10.0 Å². The summed E-state index contributed by atoms with van der Waals surface area (Å²) in [4.78, 5) is 15.1. The number of carbonyl (C=O) groups excluding carboxylic acids is 1. The summed E-state index contributed by atoms with van der Waals surface area (Å²) in [6, 6.07) is 10.5. The summed E-state index contributed by atoms with van der Waals surface area (Å²) < 4.78 is 32.1. The van der Waals surface area contributed by atoms with Gasteiger partial charge in [0.05, 0.1) is 23.0 Å². The average molecular weight is 406 g/mol. The van der Waals surface area contributed by atoms with E-state index in [1.165, 1.54) is 0 Å². The predicted octanol–water partition coefficient (Wildman–Crippen LogP) is 2.92. The number of hydrogen-bond acceptors (Lipinski definition) is 5. The van der Waals surface area contributed by atoms with Gasteiger partial charge in [-0.2, -0.15) is 0 Å². The van der Waals surface area contributed by atoms with E-state index < -0.39 is 10.0 Å². The zero-order chi connectivity index (χ0) is 20.1. The Morgan fingerprint density at radius 2 is 1.89 bits per heavy atom. The lowest BCUT2D eigenvalue weighted by atomic mass is 10.1. The van der Waals surface area contributed by atoms with E-state index in [2.05, 4.69) is 14.9 Å². The highest BCUT2D eigenvalue weighted by molar-refractivity contribution is 7.92. The molecule has 1 aromatic carbocycles. The molecule has 1 saturated heterocycles. The van der Waals surface area contributed by atoms with Crippen LogP contribution in [0.1, 0.15) is 47.7 Å². The number of furan rings is 1. The molecule has 1 fully saturated rings. The third kappa shape index (κ3) is 4.94. The maximum atomic E-state index is 12.8. The van der Waals surface area contributed by atoms with Crippen molar-refractivity contribution in [3.63, 3.8) is 0 Å². The van der Waals surface area contributed by atoms with Crippen molar-refractivity contribution in [2.45, 2.75) is 32.7 Å². The standard InChI is InChI=1S/C20H27N3O4S/c1-3-28(25,26)22-17-9-5-4-8-16(17)20(24)21-14-18(23-12-6-7-13-23)19-11-10-15(2)27-19/h4-5,8-11,18,22H,3,6-7,12-14H2,1-2H3,(H,21,24). The second-order valence-electron chi connectivity index (χ2n) is 6.97. The number of rotatable bonds is 8. The fourth-order valence-electron chi connectivity index (χ4n) is 3.39. The van der Waals surface area contributed by atoms with Gasteiger partial charge in [-0.3, -0.25) is 14.4 Å². The first-order chi connectivity index (χ1) is 13.4. The van der Waals surface area contributed by atoms with Gasteiger partial charge in [-0.05, 0) is 64.0 Å². The Morgan fingerprint density at radius 1 is 1.18 bits per heavy atom. The van der Waals surface area contributed by atoms with E-state index in [0.29, 0.717) is 12.1 Å². The summed E-state index contributed by atoms with van der Waals surface area (Å²) in [5, 5.41) is 2.95. The van der Waals surface area contributed by atoms with Crippen LogP contribution in [-0.4, -0.2) is 44.6 Å². The summed E-state index contributed by atoms with van der Waals surface area (Å²) >= 11 is 0. The highest BCUT2D eigenvalue weighted by atomic mass is 32.2. The van der Waals surface area contributed by atoms with Crippen molar-refractivity contribution in [2.75, 3.05) is 30.1 Å². The molecule has 1 atom stereocenters. The molecule has 2 N–H and O–H groups in total. The maximum Gasteiger partial charge on any atom is 0.253 e. The molecule has 0 spiro atoms. The first-order valence-electron chi connectivity index (χ1n) is 9.57. The molecule has 1 amide bonds. The molecular weight excluding hydrogens is 378 g/mol. The number of nitrogens with one attached hydrogen (secondary N) is 2. The zero-order valence-corrected chi connectivity index (χ0v) is 17.1. The number of anilines is 1. The number of nitrogens with zero attached hydrogens (tertiary/aromatic N) is 1. The van der Waals surface area contributed by atoms with Gasteiger partial charge in [-0.25, -0.2) is 8.42 Å². The number of sulfonamides is 1. The summed E-state index contributed by atoms with van der Waals surface area (Å²) in [5.41, 5.74) is 0.587. The van der Waals surface area contributed by atoms with E-state index in [4.69, 9.17) is 4.42 Å². The Hall–Kier alpha value is -2.32. The Balaban J connectivity index is 1.75. The lowest BCUT2D eigenvalue weighted by molar-refractivity contribution is 0.0934. The van der Waals surface area contributed by atoms with Crippen molar-refractivity contribution in [1.29, 1.82) is 0 Å². The molecule has 0 saturated carbocycles. The Kier molecular flexibility index (Phi) is 6.41. The van der Waals surface area contributed by atoms with Crippen molar-refractivity contribution in [1.82, 2.24) is 10.2 Å². The number of aryl methyl sites for hydroxylation is 1. The molecule has 2 heterocycles. The van der Waals surface area contributed by atoms with E-state index in [0.717, 1.165) is 37.5 Å². The molecule has 1 unspecified atom stereocenters. The van der Waals surface area contributed by atoms with Crippen LogP contribution in [0.25, 0.3) is 0 Å². The molecule has 2 aromatic rings. The van der Waals surface area contributed by atoms with E-state index in [1.54, 1.807) is 31.2 Å². The third-order valence-corrected chi connectivity index (χ3v) is 6.24. The smallest absolute Gasteiger partial charge is 0.253 e. The predicted molar refractivity (Wildman–Crippen MR) is 109 cm³/mol. The molecule has 0 radical (unpaired) electrons. The minimum absolute atomic E-state index is 0.0420. The number of para-hydroxylation sites is 1. The Morgan fingerprint density at radius 3 is 2.54 bits per heavy atom. The first-order valence-corrected chi connectivity index (χ1v) is 11.2. The molecule has 0 aliphatic carbocycles. The number of carbonyl (C=O) groups is 1. The maximum absolute atomic E-state index is 12.8. The summed E-state index contributed by atoms with van der Waals surface area (Å²) in [7, 11) is -3.47. The van der Waals surface area contributed by atoms with E-state index in [-0.39, 0.29) is 23.4 Å². The van der Waals surface area contributed by atoms with Crippen LogP contribution in [0.5, 0.6) is 0 Å². The van der Waals surface area contributed by atoms with Crippen LogP contribution in [0.4, 0.5) is 5.69 Å². The van der Waals surface area contributed by atoms with Crippen LogP contribution in [0, 0.1) is 6.92 Å². The van der Waals surface area contributed by atoms with Crippen LogP contribution >= 0.6 is 0 Å². The summed E-state index contributed by atoms with van der Waals surface area (Å²) in [6.07, 6.45) is 2.26. The largest absolute Gasteiger partial charge is 0.465 e. The molecule has 152 valence electrons. The highest BCUT2D eigenvalue weighted by Crippen LogP contribution is 2.26. The van der Waals surface area contributed by atoms with Gasteiger partial charge in [-0.1, -0.05) is 12.1 Å². The fourth-order valence-corrected chi connectivity index (χ4v) is 4.05. The van der Waals surface area contributed by atoms with Crippen LogP contribution in [0.15, 0.2) is 40.8 Å². The second-order valence-corrected chi connectivity index (χ2v) is 8.98. The third-order valence-electron chi connectivity index (χ3n) is 4.94. The molecule has 3 rings (SSSR count). The topological polar surface area (TPSA) is 91.6 Å². The van der Waals surface area contributed by atoms with E-state index >= 15 is 0 Å². The van der Waals surface area contributed by atoms with Crippen LogP contribution < -0.4 is 10.0 Å². The minimum atomic E-state index is -3.47. The molecule has 7 nitrogen and oxygen atoms in total. The van der Waals surface area contributed by atoms with Gasteiger partial charge >= 0.3 is 0 Å². The zero-order valence-electron chi connectivity index (χ0n) is 16.3. The number of hydrogen-bond donors (Lipinski definition) is 2. The summed E-state index contributed by atoms with van der Waals surface area (Å²) in [5.74, 6) is 1.30. The van der Waals surface area contributed by atoms with Crippen LogP contribution in [0.2, 0.25) is 0 Å². The quantitative estimate of drug-likeness (QED) is 0.705. The van der Waals surface area contributed by atoms with E-state index in [1.807, 2.05) is 19.1 Å². The average Bonchev–Trinajstić information content (AvgIpc) is 3.34. The highest BCUT2D eigenvalue weighted by Gasteiger charge is 2.27. The van der Waals surface area contributed by atoms with Gasteiger partial charge in [0.1, 0.15) is 11.5 Å². The molecule has 28 heavy (non-hydrogen) atoms. The monoisotopic (exact) mass is 405 g/mol. The lowest BCUT2D eigenvalue weighted by Crippen LogP contribution is -2.37. The van der Waals surface area contributed by atoms with E-state index in [9.17, 15) is 13.2 Å². The van der Waals surface area contributed by atoms with Gasteiger partial charge in [0.15, 0.2) is 0 Å². The van der Waals surface area contributed by atoms with Crippen molar-refractivity contribution < 1.29 is 17.6 Å². The molecular formula is C20H27N3O4S. The SMILES string of the molecule is CCS(=O)(=O)Nc1ccccc1C(=O)NCC(c1ccc(C)o1)N1CCCC1. The van der Waals surface area contributed by atoms with Gasteiger partial charge in [0.25, 0.3) is 5.91 Å². The Bertz CT molecular complexity index is 917. The molecule has 8 heteroatoms. The number of benzene rings is 1. The minimum Gasteiger partial charge on any atom is -0.465 e.